The van der Waals surface area contributed by atoms with E-state index in [1.807, 2.05) is 19.9 Å². The van der Waals surface area contributed by atoms with Crippen molar-refractivity contribution in [3.63, 3.8) is 0 Å². The molecule has 2 rings (SSSR count). The van der Waals surface area contributed by atoms with Gasteiger partial charge in [-0.1, -0.05) is 19.0 Å². The first-order valence-corrected chi connectivity index (χ1v) is 8.66. The van der Waals surface area contributed by atoms with Gasteiger partial charge in [-0.05, 0) is 40.2 Å². The van der Waals surface area contributed by atoms with Crippen LogP contribution in [0.15, 0.2) is 10.6 Å². The summed E-state index contributed by atoms with van der Waals surface area (Å²) in [5.74, 6) is 0.651. The monoisotopic (exact) mass is 338 g/mol. The molecule has 1 fully saturated rings. The fourth-order valence-electron chi connectivity index (χ4n) is 2.45. The molecule has 1 aliphatic rings. The van der Waals surface area contributed by atoms with Crippen LogP contribution in [0.25, 0.3) is 0 Å². The van der Waals surface area contributed by atoms with Gasteiger partial charge in [0.2, 0.25) is 0 Å². The highest BCUT2D eigenvalue weighted by Gasteiger charge is 2.30. The summed E-state index contributed by atoms with van der Waals surface area (Å²) >= 11 is 0. The Bertz CT molecular complexity index is 545. The van der Waals surface area contributed by atoms with Crippen LogP contribution >= 0.6 is 0 Å². The number of likely N-dealkylation sites (N-methyl/N-ethyl adjacent to an activating group) is 1. The van der Waals surface area contributed by atoms with E-state index >= 15 is 0 Å². The Morgan fingerprint density at radius 3 is 2.75 bits per heavy atom. The number of nitrogens with one attached hydrogen (secondary N) is 1. The van der Waals surface area contributed by atoms with Crippen molar-refractivity contribution in [2.45, 2.75) is 70.6 Å². The predicted octanol–water partition coefficient (Wildman–Crippen LogP) is 2.61. The van der Waals surface area contributed by atoms with Crippen LogP contribution < -0.4 is 5.32 Å². The summed E-state index contributed by atoms with van der Waals surface area (Å²) in [4.78, 5) is 12.3. The first-order valence-electron chi connectivity index (χ1n) is 8.66. The molecule has 6 heteroatoms. The number of nitrogens with zero attached hydrogens (tertiary/aromatic N) is 1. The van der Waals surface area contributed by atoms with E-state index < -0.39 is 5.54 Å². The fraction of sp³-hybridized carbons (Fsp3) is 0.778. The number of carbonyl (C=O) groups is 1. The third-order valence-corrected chi connectivity index (χ3v) is 4.68. The maximum atomic E-state index is 12.3. The summed E-state index contributed by atoms with van der Waals surface area (Å²) in [6, 6.07) is 1.86. The number of Topliss-reactive ketones (excluding diaryl/α,β-unsaturated/α-hetero) is 1. The number of ether oxygens (including phenoxy) is 2. The average Bonchev–Trinajstić information content (AvgIpc) is 3.03. The minimum atomic E-state index is -0.579. The van der Waals surface area contributed by atoms with E-state index in [0.29, 0.717) is 12.4 Å². The van der Waals surface area contributed by atoms with E-state index in [9.17, 15) is 4.79 Å². The zero-order valence-electron chi connectivity index (χ0n) is 15.5. The van der Waals surface area contributed by atoms with Crippen LogP contribution in [0.3, 0.4) is 0 Å². The van der Waals surface area contributed by atoms with E-state index in [2.05, 4.69) is 24.3 Å². The molecule has 0 spiro atoms. The zero-order chi connectivity index (χ0) is 17.8. The molecule has 1 aromatic heterocycles. The molecule has 1 atom stereocenters. The lowest BCUT2D eigenvalue weighted by Crippen LogP contribution is -2.45. The Labute approximate surface area is 144 Å². The lowest BCUT2D eigenvalue weighted by molar-refractivity contribution is -0.170. The van der Waals surface area contributed by atoms with Gasteiger partial charge < -0.3 is 19.3 Å². The maximum absolute atomic E-state index is 12.3. The molecule has 6 nitrogen and oxygen atoms in total. The quantitative estimate of drug-likeness (QED) is 0.785. The van der Waals surface area contributed by atoms with Crippen molar-refractivity contribution >= 4 is 5.78 Å². The third kappa shape index (κ3) is 4.88. The lowest BCUT2D eigenvalue weighted by atomic mass is 9.89. The van der Waals surface area contributed by atoms with Gasteiger partial charge in [-0.2, -0.15) is 0 Å². The molecule has 136 valence electrons. The van der Waals surface area contributed by atoms with Gasteiger partial charge in [0.25, 0.3) is 0 Å². The van der Waals surface area contributed by atoms with E-state index in [-0.39, 0.29) is 23.9 Å². The second-order valence-corrected chi connectivity index (χ2v) is 7.64. The van der Waals surface area contributed by atoms with Crippen LogP contribution in [0, 0.1) is 0 Å². The minimum absolute atomic E-state index is 0.0670. The fourth-order valence-corrected chi connectivity index (χ4v) is 2.45. The molecule has 1 unspecified atom stereocenters. The number of hydrogen-bond donors (Lipinski definition) is 1. The molecular formula is C18H30N2O4. The maximum Gasteiger partial charge on any atom is 0.159 e. The summed E-state index contributed by atoms with van der Waals surface area (Å²) < 4.78 is 16.9. The normalized spacial score (nSPS) is 19.5. The molecule has 1 saturated heterocycles. The summed E-state index contributed by atoms with van der Waals surface area (Å²) in [7, 11) is 1.78. The van der Waals surface area contributed by atoms with Crippen LogP contribution in [-0.4, -0.2) is 43.0 Å². The van der Waals surface area contributed by atoms with Gasteiger partial charge in [0.1, 0.15) is 5.76 Å². The Balaban J connectivity index is 1.93. The summed E-state index contributed by atoms with van der Waals surface area (Å²) in [6.07, 6.45) is 3.29. The summed E-state index contributed by atoms with van der Waals surface area (Å²) in [6.45, 7) is 9.08. The van der Waals surface area contributed by atoms with Crippen molar-refractivity contribution < 1.29 is 18.8 Å². The molecule has 0 aliphatic carbocycles. The van der Waals surface area contributed by atoms with Crippen LogP contribution in [-0.2, 0) is 26.1 Å². The van der Waals surface area contributed by atoms with E-state index in [4.69, 9.17) is 14.0 Å². The van der Waals surface area contributed by atoms with Crippen molar-refractivity contribution in [2.24, 2.45) is 0 Å². The van der Waals surface area contributed by atoms with Crippen molar-refractivity contribution in [2.75, 3.05) is 20.3 Å². The van der Waals surface area contributed by atoms with Gasteiger partial charge >= 0.3 is 0 Å². The Kier molecular flexibility index (Phi) is 6.17. The van der Waals surface area contributed by atoms with Gasteiger partial charge in [0.05, 0.1) is 24.3 Å². The minimum Gasteiger partial charge on any atom is -0.361 e. The Hall–Kier alpha value is -1.24. The van der Waals surface area contributed by atoms with E-state index in [1.54, 1.807) is 7.05 Å². The zero-order valence-corrected chi connectivity index (χ0v) is 15.5. The van der Waals surface area contributed by atoms with Crippen LogP contribution in [0.2, 0.25) is 0 Å². The predicted molar refractivity (Wildman–Crippen MR) is 90.9 cm³/mol. The van der Waals surface area contributed by atoms with Crippen molar-refractivity contribution in [3.05, 3.63) is 17.5 Å². The molecule has 1 aromatic rings. The van der Waals surface area contributed by atoms with Gasteiger partial charge in [0, 0.05) is 18.1 Å². The molecule has 0 amide bonds. The van der Waals surface area contributed by atoms with Gasteiger partial charge in [-0.15, -0.1) is 0 Å². The Morgan fingerprint density at radius 2 is 2.12 bits per heavy atom. The second kappa shape index (κ2) is 7.76. The third-order valence-electron chi connectivity index (χ3n) is 4.68. The van der Waals surface area contributed by atoms with Crippen molar-refractivity contribution in [1.82, 2.24) is 10.5 Å². The highest BCUT2D eigenvalue weighted by atomic mass is 16.7. The molecule has 0 bridgehead atoms. The van der Waals surface area contributed by atoms with Gasteiger partial charge in [0.15, 0.2) is 12.1 Å². The average molecular weight is 338 g/mol. The number of carbonyl (C=O) groups excluding carboxylic acids is 1. The van der Waals surface area contributed by atoms with Crippen LogP contribution in [0.4, 0.5) is 0 Å². The number of hydrogen-bond acceptors (Lipinski definition) is 6. The number of ketones is 1. The largest absolute Gasteiger partial charge is 0.361 e. The molecule has 2 heterocycles. The molecule has 0 aromatic carbocycles. The first kappa shape index (κ1) is 19.1. The molecule has 24 heavy (non-hydrogen) atoms. The topological polar surface area (TPSA) is 73.6 Å². The number of rotatable bonds is 8. The molecule has 1 aliphatic heterocycles. The van der Waals surface area contributed by atoms with Gasteiger partial charge in [-0.3, -0.25) is 4.79 Å². The number of aromatic nitrogens is 1. The summed E-state index contributed by atoms with van der Waals surface area (Å²) in [5.41, 5.74) is -0.0861. The first-order chi connectivity index (χ1) is 11.2. The SMILES string of the molecule is CNC(C)(C)C(=O)Cc1cc(C(C)(C)COC2CCCCO2)no1. The lowest BCUT2D eigenvalue weighted by Gasteiger charge is -2.28. The Morgan fingerprint density at radius 1 is 1.38 bits per heavy atom. The molecule has 1 N–H and O–H groups in total. The molecule has 0 saturated carbocycles. The molecule has 0 radical (unpaired) electrons. The van der Waals surface area contributed by atoms with Crippen LogP contribution in [0.1, 0.15) is 58.4 Å². The molecular weight excluding hydrogens is 308 g/mol. The van der Waals surface area contributed by atoms with Gasteiger partial charge in [-0.25, -0.2) is 0 Å². The second-order valence-electron chi connectivity index (χ2n) is 7.64. The van der Waals surface area contributed by atoms with Crippen molar-refractivity contribution in [3.8, 4) is 0 Å². The summed E-state index contributed by atoms with van der Waals surface area (Å²) in [5, 5.41) is 7.15. The highest BCUT2D eigenvalue weighted by molar-refractivity contribution is 5.88. The van der Waals surface area contributed by atoms with E-state index in [1.165, 1.54) is 0 Å². The van der Waals surface area contributed by atoms with E-state index in [0.717, 1.165) is 31.6 Å². The van der Waals surface area contributed by atoms with Crippen molar-refractivity contribution in [1.29, 1.82) is 0 Å². The highest BCUT2D eigenvalue weighted by Crippen LogP contribution is 2.26. The standard InChI is InChI=1S/C18H30N2O4/c1-17(2,12-23-16-8-6-7-9-22-16)14-10-13(24-20-14)11-15(21)18(3,4)19-5/h10,16,19H,6-9,11-12H2,1-5H3. The smallest absolute Gasteiger partial charge is 0.159 e. The van der Waals surface area contributed by atoms with Crippen LogP contribution in [0.5, 0.6) is 0 Å².